The highest BCUT2D eigenvalue weighted by Gasteiger charge is 2.62. The summed E-state index contributed by atoms with van der Waals surface area (Å²) >= 11 is 0. The predicted molar refractivity (Wildman–Crippen MR) is 90.2 cm³/mol. The number of hydrogen-bond acceptors (Lipinski definition) is 4. The van der Waals surface area contributed by atoms with Crippen molar-refractivity contribution in [3.8, 4) is 0 Å². The Morgan fingerprint density at radius 1 is 1.29 bits per heavy atom. The van der Waals surface area contributed by atoms with E-state index in [0.717, 1.165) is 38.1 Å². The topological polar surface area (TPSA) is 59.2 Å². The van der Waals surface area contributed by atoms with Gasteiger partial charge in [-0.3, -0.25) is 4.79 Å². The molecular weight excluding hydrogens is 302 g/mol. The van der Waals surface area contributed by atoms with Gasteiger partial charge in [0.05, 0.1) is 12.0 Å². The van der Waals surface area contributed by atoms with Crippen molar-refractivity contribution in [1.82, 2.24) is 15.0 Å². The molecule has 130 valence electrons. The van der Waals surface area contributed by atoms with E-state index in [1.165, 1.54) is 5.57 Å². The number of likely N-dealkylation sites (tertiary alicyclic amines) is 1. The highest BCUT2D eigenvalue weighted by atomic mass is 16.5. The highest BCUT2D eigenvalue weighted by molar-refractivity contribution is 5.84. The lowest BCUT2D eigenvalue weighted by atomic mass is 10.1. The summed E-state index contributed by atoms with van der Waals surface area (Å²) in [5, 5.41) is 4.18. The SMILES string of the molecule is CC(C)=C[C@@H]1[C@H](C(=O)N2CCC[C@@H]2c2noc(C3CC3)n2)C1(C)C. The van der Waals surface area contributed by atoms with Gasteiger partial charge < -0.3 is 9.42 Å². The number of amides is 1. The molecule has 1 amide bonds. The standard InChI is InChI=1S/C19H27N3O2/c1-11(2)10-13-15(19(13,3)4)18(23)22-9-5-6-14(22)16-20-17(24-21-16)12-7-8-12/h10,12-15H,5-9H2,1-4H3/t13-,14-,15-/m1/s1. The molecule has 2 saturated carbocycles. The summed E-state index contributed by atoms with van der Waals surface area (Å²) in [4.78, 5) is 19.8. The van der Waals surface area contributed by atoms with Crippen LogP contribution in [-0.4, -0.2) is 27.5 Å². The summed E-state index contributed by atoms with van der Waals surface area (Å²) in [5.74, 6) is 2.63. The number of allylic oxidation sites excluding steroid dienone is 2. The zero-order valence-corrected chi connectivity index (χ0v) is 15.1. The molecule has 4 rings (SSSR count). The molecule has 0 unspecified atom stereocenters. The van der Waals surface area contributed by atoms with E-state index in [4.69, 9.17) is 4.52 Å². The van der Waals surface area contributed by atoms with Crippen molar-refractivity contribution in [1.29, 1.82) is 0 Å². The van der Waals surface area contributed by atoms with E-state index in [-0.39, 0.29) is 23.3 Å². The fraction of sp³-hybridized carbons (Fsp3) is 0.737. The molecule has 0 bridgehead atoms. The van der Waals surface area contributed by atoms with Gasteiger partial charge in [0, 0.05) is 12.5 Å². The van der Waals surface area contributed by atoms with Crippen LogP contribution in [0.1, 0.15) is 77.1 Å². The quantitative estimate of drug-likeness (QED) is 0.787. The molecule has 5 heteroatoms. The average molecular weight is 329 g/mol. The van der Waals surface area contributed by atoms with Crippen molar-refractivity contribution in [2.45, 2.75) is 65.3 Å². The van der Waals surface area contributed by atoms with Crippen molar-refractivity contribution in [2.24, 2.45) is 17.3 Å². The molecule has 0 aromatic carbocycles. The Hall–Kier alpha value is -1.65. The van der Waals surface area contributed by atoms with Crippen LogP contribution in [0.5, 0.6) is 0 Å². The summed E-state index contributed by atoms with van der Waals surface area (Å²) < 4.78 is 5.41. The first-order valence-electron chi connectivity index (χ1n) is 9.18. The van der Waals surface area contributed by atoms with Crippen LogP contribution in [0.25, 0.3) is 0 Å². The summed E-state index contributed by atoms with van der Waals surface area (Å²) in [6.07, 6.45) is 6.51. The third kappa shape index (κ3) is 2.58. The summed E-state index contributed by atoms with van der Waals surface area (Å²) in [5.41, 5.74) is 1.34. The Balaban J connectivity index is 1.52. The van der Waals surface area contributed by atoms with Gasteiger partial charge in [-0.25, -0.2) is 0 Å². The Labute approximate surface area is 143 Å². The fourth-order valence-electron chi connectivity index (χ4n) is 4.18. The van der Waals surface area contributed by atoms with Crippen LogP contribution < -0.4 is 0 Å². The zero-order chi connectivity index (χ0) is 17.1. The highest BCUT2D eigenvalue weighted by Crippen LogP contribution is 2.60. The van der Waals surface area contributed by atoms with Crippen LogP contribution in [0, 0.1) is 17.3 Å². The van der Waals surface area contributed by atoms with E-state index in [0.29, 0.717) is 17.7 Å². The molecule has 3 fully saturated rings. The van der Waals surface area contributed by atoms with E-state index >= 15 is 0 Å². The number of nitrogens with zero attached hydrogens (tertiary/aromatic N) is 3. The minimum absolute atomic E-state index is 0.00231. The normalized spacial score (nSPS) is 31.2. The van der Waals surface area contributed by atoms with Gasteiger partial charge >= 0.3 is 0 Å². The van der Waals surface area contributed by atoms with Crippen molar-refractivity contribution in [3.05, 3.63) is 23.4 Å². The molecule has 3 atom stereocenters. The maximum Gasteiger partial charge on any atom is 0.229 e. The Morgan fingerprint density at radius 3 is 2.71 bits per heavy atom. The van der Waals surface area contributed by atoms with E-state index in [1.54, 1.807) is 0 Å². The number of aromatic nitrogens is 2. The molecule has 3 aliphatic rings. The molecule has 1 aromatic heterocycles. The molecule has 0 spiro atoms. The third-order valence-electron chi connectivity index (χ3n) is 5.91. The van der Waals surface area contributed by atoms with Crippen molar-refractivity contribution >= 4 is 5.91 Å². The fourth-order valence-corrected chi connectivity index (χ4v) is 4.18. The average Bonchev–Trinajstić information content (AvgIpc) is 3.26. The second-order valence-electron chi connectivity index (χ2n) is 8.52. The van der Waals surface area contributed by atoms with Crippen molar-refractivity contribution < 1.29 is 9.32 Å². The van der Waals surface area contributed by atoms with E-state index in [2.05, 4.69) is 43.9 Å². The number of rotatable bonds is 4. The minimum Gasteiger partial charge on any atom is -0.339 e. The van der Waals surface area contributed by atoms with Crippen molar-refractivity contribution in [3.63, 3.8) is 0 Å². The van der Waals surface area contributed by atoms with Crippen molar-refractivity contribution in [2.75, 3.05) is 6.54 Å². The number of carbonyl (C=O) groups is 1. The first kappa shape index (κ1) is 15.9. The van der Waals surface area contributed by atoms with Gasteiger partial charge in [0.15, 0.2) is 5.82 Å². The smallest absolute Gasteiger partial charge is 0.229 e. The largest absolute Gasteiger partial charge is 0.339 e. The molecule has 1 aliphatic heterocycles. The van der Waals surface area contributed by atoms with Gasteiger partial charge in [0.2, 0.25) is 11.8 Å². The van der Waals surface area contributed by atoms with Crippen LogP contribution in [0.2, 0.25) is 0 Å². The van der Waals surface area contributed by atoms with Gasteiger partial charge in [-0.05, 0) is 50.9 Å². The van der Waals surface area contributed by atoms with Gasteiger partial charge in [-0.2, -0.15) is 4.98 Å². The van der Waals surface area contributed by atoms with Crippen LogP contribution in [-0.2, 0) is 4.79 Å². The number of hydrogen-bond donors (Lipinski definition) is 0. The van der Waals surface area contributed by atoms with E-state index in [1.807, 2.05) is 4.90 Å². The Kier molecular flexibility index (Phi) is 3.59. The summed E-state index contributed by atoms with van der Waals surface area (Å²) in [6, 6.07) is -0.00231. The molecule has 1 aromatic rings. The molecular formula is C19H27N3O2. The summed E-state index contributed by atoms with van der Waals surface area (Å²) in [6.45, 7) is 9.42. The lowest BCUT2D eigenvalue weighted by Gasteiger charge is -2.23. The van der Waals surface area contributed by atoms with Crippen LogP contribution in [0.4, 0.5) is 0 Å². The Morgan fingerprint density at radius 2 is 2.04 bits per heavy atom. The Bertz CT molecular complexity index is 683. The first-order valence-corrected chi connectivity index (χ1v) is 9.18. The monoisotopic (exact) mass is 329 g/mol. The predicted octanol–water partition coefficient (Wildman–Crippen LogP) is 3.85. The lowest BCUT2D eigenvalue weighted by Crippen LogP contribution is -2.33. The summed E-state index contributed by atoms with van der Waals surface area (Å²) in [7, 11) is 0. The van der Waals surface area contributed by atoms with Crippen LogP contribution >= 0.6 is 0 Å². The maximum atomic E-state index is 13.2. The number of carbonyl (C=O) groups excluding carboxylic acids is 1. The molecule has 5 nitrogen and oxygen atoms in total. The molecule has 0 radical (unpaired) electrons. The second kappa shape index (κ2) is 5.43. The minimum atomic E-state index is -0.00231. The van der Waals surface area contributed by atoms with Crippen LogP contribution in [0.15, 0.2) is 16.2 Å². The van der Waals surface area contributed by atoms with Gasteiger partial charge in [0.1, 0.15) is 0 Å². The third-order valence-corrected chi connectivity index (χ3v) is 5.91. The molecule has 2 heterocycles. The molecule has 2 aliphatic carbocycles. The molecule has 0 N–H and O–H groups in total. The van der Waals surface area contributed by atoms with E-state index in [9.17, 15) is 4.79 Å². The molecule has 1 saturated heterocycles. The van der Waals surface area contributed by atoms with Gasteiger partial charge in [-0.15, -0.1) is 0 Å². The maximum absolute atomic E-state index is 13.2. The van der Waals surface area contributed by atoms with Gasteiger partial charge in [-0.1, -0.05) is 30.7 Å². The molecule has 24 heavy (non-hydrogen) atoms. The zero-order valence-electron chi connectivity index (χ0n) is 15.1. The lowest BCUT2D eigenvalue weighted by molar-refractivity contribution is -0.134. The first-order chi connectivity index (χ1) is 11.4. The van der Waals surface area contributed by atoms with Crippen LogP contribution in [0.3, 0.4) is 0 Å². The van der Waals surface area contributed by atoms with E-state index < -0.39 is 0 Å². The van der Waals surface area contributed by atoms with Gasteiger partial charge in [0.25, 0.3) is 0 Å². The second-order valence-corrected chi connectivity index (χ2v) is 8.52.